The average Bonchev–Trinajstić information content (AvgIpc) is 3.59. The molecule has 41 heavy (non-hydrogen) atoms. The summed E-state index contributed by atoms with van der Waals surface area (Å²) >= 11 is 7.22. The van der Waals surface area contributed by atoms with Crippen molar-refractivity contribution < 1.29 is 5.11 Å². The molecular formula is C34H34Br2N4O. The van der Waals surface area contributed by atoms with Crippen molar-refractivity contribution in [3.05, 3.63) is 139 Å². The number of benzene rings is 4. The van der Waals surface area contributed by atoms with Gasteiger partial charge in [0.2, 0.25) is 0 Å². The van der Waals surface area contributed by atoms with Crippen LogP contribution in [0.25, 0.3) is 0 Å². The molecule has 0 radical (unpaired) electrons. The third kappa shape index (κ3) is 5.42. The van der Waals surface area contributed by atoms with Crippen molar-refractivity contribution in [2.24, 2.45) is 4.99 Å². The van der Waals surface area contributed by atoms with E-state index in [1.165, 1.54) is 22.3 Å². The molecule has 0 aromatic heterocycles. The van der Waals surface area contributed by atoms with Crippen LogP contribution in [0.15, 0.2) is 105 Å². The molecular weight excluding hydrogens is 640 g/mol. The quantitative estimate of drug-likeness (QED) is 0.232. The summed E-state index contributed by atoms with van der Waals surface area (Å²) in [7, 11) is 0. The molecule has 0 spiro atoms. The molecule has 3 aliphatic rings. The molecule has 210 valence electrons. The third-order valence-corrected chi connectivity index (χ3v) is 9.98. The van der Waals surface area contributed by atoms with Gasteiger partial charge in [-0.2, -0.15) is 0 Å². The van der Waals surface area contributed by atoms with Crippen LogP contribution in [0.1, 0.15) is 51.9 Å². The number of hydrogen-bond acceptors (Lipinski definition) is 5. The predicted octanol–water partition coefficient (Wildman–Crippen LogP) is 6.51. The minimum Gasteiger partial charge on any atom is -0.363 e. The summed E-state index contributed by atoms with van der Waals surface area (Å²) in [5.74, 6) is 0.924. The zero-order valence-corrected chi connectivity index (χ0v) is 26.2. The highest BCUT2D eigenvalue weighted by atomic mass is 79.9. The van der Waals surface area contributed by atoms with Crippen LogP contribution in [-0.4, -0.2) is 42.0 Å². The minimum atomic E-state index is -1.09. The molecule has 2 unspecified atom stereocenters. The summed E-state index contributed by atoms with van der Waals surface area (Å²) in [6, 6.07) is 31.6. The van der Waals surface area contributed by atoms with Crippen LogP contribution in [0.3, 0.4) is 0 Å². The molecule has 3 aliphatic heterocycles. The van der Waals surface area contributed by atoms with Crippen LogP contribution in [0.4, 0.5) is 0 Å². The van der Waals surface area contributed by atoms with E-state index >= 15 is 0 Å². The number of aliphatic imine (C=N–C) groups is 1. The Morgan fingerprint density at radius 2 is 1.66 bits per heavy atom. The first-order chi connectivity index (χ1) is 20.0. The maximum absolute atomic E-state index is 11.5. The fraction of sp³-hybridized carbons (Fsp3) is 0.265. The number of halogens is 2. The topological polar surface area (TPSA) is 59.9 Å². The summed E-state index contributed by atoms with van der Waals surface area (Å²) in [6.45, 7) is 6.50. The molecule has 5 nitrogen and oxygen atoms in total. The molecule has 0 saturated carbocycles. The number of hydrogen-bond donors (Lipinski definition) is 3. The van der Waals surface area contributed by atoms with E-state index in [-0.39, 0.29) is 6.04 Å². The number of nitrogens with zero attached hydrogens (tertiary/aromatic N) is 2. The lowest BCUT2D eigenvalue weighted by Crippen LogP contribution is -2.43. The van der Waals surface area contributed by atoms with Gasteiger partial charge in [-0.25, -0.2) is 0 Å². The number of nitrogens with one attached hydrogen (secondary N) is 2. The van der Waals surface area contributed by atoms with Gasteiger partial charge in [-0.05, 0) is 72.7 Å². The van der Waals surface area contributed by atoms with E-state index in [4.69, 9.17) is 0 Å². The lowest BCUT2D eigenvalue weighted by atomic mass is 9.93. The van der Waals surface area contributed by atoms with Gasteiger partial charge in [-0.15, -0.1) is 0 Å². The lowest BCUT2D eigenvalue weighted by Gasteiger charge is -2.34. The number of rotatable bonds is 3. The lowest BCUT2D eigenvalue weighted by molar-refractivity contribution is -0.0242. The second-order valence-corrected chi connectivity index (χ2v) is 12.3. The Balaban J connectivity index is 0.000000148. The molecule has 0 fully saturated rings. The summed E-state index contributed by atoms with van der Waals surface area (Å²) in [4.78, 5) is 6.60. The second kappa shape index (κ2) is 12.2. The van der Waals surface area contributed by atoms with Crippen molar-refractivity contribution >= 4 is 37.7 Å². The van der Waals surface area contributed by atoms with Gasteiger partial charge in [-0.1, -0.05) is 85.8 Å². The van der Waals surface area contributed by atoms with Gasteiger partial charge in [0.15, 0.2) is 5.72 Å². The standard InChI is InChI=1S/C18H18N2O.C16H16Br2N2/c1-2-13-7-9-14(10-8-13)18(21)16-6-4-3-5-15(16)17-19-11-12-20(17)18;17-14-8-12-10-19-6-7-20-16(13(12)9-15(14)18)11-4-2-1-3-5-11/h3-10,21H,2,11-12H2,1H3;1-5,8-9,16,19-20H,6-7,10H2. The van der Waals surface area contributed by atoms with Gasteiger partial charge in [0, 0.05) is 51.8 Å². The first-order valence-corrected chi connectivity index (χ1v) is 15.8. The van der Waals surface area contributed by atoms with Gasteiger partial charge < -0.3 is 20.6 Å². The van der Waals surface area contributed by atoms with E-state index in [0.717, 1.165) is 70.6 Å². The van der Waals surface area contributed by atoms with Crippen molar-refractivity contribution in [2.75, 3.05) is 26.2 Å². The van der Waals surface area contributed by atoms with Gasteiger partial charge >= 0.3 is 0 Å². The van der Waals surface area contributed by atoms with E-state index in [9.17, 15) is 5.11 Å². The zero-order valence-electron chi connectivity index (χ0n) is 23.1. The van der Waals surface area contributed by atoms with Crippen LogP contribution in [0.5, 0.6) is 0 Å². The monoisotopic (exact) mass is 672 g/mol. The van der Waals surface area contributed by atoms with Gasteiger partial charge in [-0.3, -0.25) is 4.99 Å². The highest BCUT2D eigenvalue weighted by Gasteiger charge is 2.49. The molecule has 4 aromatic carbocycles. The number of amidine groups is 1. The molecule has 2 atom stereocenters. The summed E-state index contributed by atoms with van der Waals surface area (Å²) < 4.78 is 2.20. The van der Waals surface area contributed by atoms with Gasteiger partial charge in [0.25, 0.3) is 0 Å². The smallest absolute Gasteiger partial charge is 0.193 e. The normalized spacial score (nSPS) is 21.0. The Bertz CT molecular complexity index is 1560. The molecule has 7 heteroatoms. The summed E-state index contributed by atoms with van der Waals surface area (Å²) in [6.07, 6.45) is 1.01. The van der Waals surface area contributed by atoms with E-state index in [2.05, 4.69) is 109 Å². The molecule has 7 rings (SSSR count). The number of fused-ring (bicyclic) bond motifs is 4. The van der Waals surface area contributed by atoms with Crippen LogP contribution in [0.2, 0.25) is 0 Å². The fourth-order valence-corrected chi connectivity index (χ4v) is 6.76. The van der Waals surface area contributed by atoms with E-state index in [1.807, 2.05) is 41.3 Å². The maximum atomic E-state index is 11.5. The van der Waals surface area contributed by atoms with Crippen molar-refractivity contribution in [1.29, 1.82) is 0 Å². The summed E-state index contributed by atoms with van der Waals surface area (Å²) in [5, 5.41) is 18.6. The Kier molecular flexibility index (Phi) is 8.42. The van der Waals surface area contributed by atoms with Crippen LogP contribution in [0, 0.1) is 0 Å². The predicted molar refractivity (Wildman–Crippen MR) is 173 cm³/mol. The average molecular weight is 674 g/mol. The Hall–Kier alpha value is -2.81. The first-order valence-electron chi connectivity index (χ1n) is 14.2. The Morgan fingerprint density at radius 1 is 0.927 bits per heavy atom. The van der Waals surface area contributed by atoms with E-state index < -0.39 is 5.72 Å². The molecule has 4 aromatic rings. The van der Waals surface area contributed by atoms with Crippen molar-refractivity contribution in [3.63, 3.8) is 0 Å². The van der Waals surface area contributed by atoms with Crippen LogP contribution in [-0.2, 0) is 18.7 Å². The van der Waals surface area contributed by atoms with Crippen LogP contribution < -0.4 is 10.6 Å². The van der Waals surface area contributed by atoms with E-state index in [1.54, 1.807) is 0 Å². The van der Waals surface area contributed by atoms with E-state index in [0.29, 0.717) is 0 Å². The number of aryl methyl sites for hydroxylation is 1. The highest BCUT2D eigenvalue weighted by molar-refractivity contribution is 9.13. The summed E-state index contributed by atoms with van der Waals surface area (Å²) in [5.41, 5.74) is 7.08. The molecule has 3 heterocycles. The Labute approximate surface area is 259 Å². The molecule has 0 aliphatic carbocycles. The van der Waals surface area contributed by atoms with Gasteiger partial charge in [0.1, 0.15) is 5.84 Å². The molecule has 3 N–H and O–H groups in total. The highest BCUT2D eigenvalue weighted by Crippen LogP contribution is 2.43. The zero-order chi connectivity index (χ0) is 28.4. The number of aliphatic hydroxyl groups is 1. The minimum absolute atomic E-state index is 0.248. The maximum Gasteiger partial charge on any atom is 0.193 e. The largest absolute Gasteiger partial charge is 0.363 e. The van der Waals surface area contributed by atoms with Crippen molar-refractivity contribution in [2.45, 2.75) is 31.7 Å². The second-order valence-electron chi connectivity index (χ2n) is 10.6. The third-order valence-electron chi connectivity index (χ3n) is 8.13. The van der Waals surface area contributed by atoms with Crippen molar-refractivity contribution in [1.82, 2.24) is 15.5 Å². The molecule has 0 bridgehead atoms. The van der Waals surface area contributed by atoms with Crippen molar-refractivity contribution in [3.8, 4) is 0 Å². The SMILES string of the molecule is Brc1cc2c(cc1Br)C(c1ccccc1)NCCNC2.CCc1ccc(C2(O)c3ccccc3C3=NCCN32)cc1. The Morgan fingerprint density at radius 3 is 2.44 bits per heavy atom. The molecule has 0 amide bonds. The van der Waals surface area contributed by atoms with Gasteiger partial charge in [0.05, 0.1) is 12.6 Å². The first kappa shape index (κ1) is 28.3. The van der Waals surface area contributed by atoms with Crippen LogP contribution >= 0.6 is 31.9 Å². The fourth-order valence-electron chi connectivity index (χ4n) is 6.01. The molecule has 0 saturated heterocycles.